The van der Waals surface area contributed by atoms with Crippen LogP contribution >= 0.6 is 39.1 Å². The second-order valence-electron chi connectivity index (χ2n) is 5.88. The number of sulfonamides is 1. The van der Waals surface area contributed by atoms with E-state index in [-0.39, 0.29) is 42.1 Å². The Morgan fingerprint density at radius 1 is 1.04 bits per heavy atom. The third-order valence-corrected chi connectivity index (χ3v) is 7.46. The van der Waals surface area contributed by atoms with Crippen LogP contribution in [0.5, 0.6) is 0 Å². The van der Waals surface area contributed by atoms with E-state index < -0.39 is 10.0 Å². The molecule has 2 aromatic rings. The van der Waals surface area contributed by atoms with Crippen molar-refractivity contribution >= 4 is 60.9 Å². The molecule has 2 amide bonds. The second kappa shape index (κ2) is 8.36. The smallest absolute Gasteiger partial charge is 0.321 e. The molecule has 3 rings (SSSR count). The summed E-state index contributed by atoms with van der Waals surface area (Å²) in [5.41, 5.74) is 0.656. The van der Waals surface area contributed by atoms with Crippen molar-refractivity contribution in [3.8, 4) is 0 Å². The first-order chi connectivity index (χ1) is 12.8. The minimum absolute atomic E-state index is 0.0252. The van der Waals surface area contributed by atoms with E-state index in [1.807, 2.05) is 18.2 Å². The lowest BCUT2D eigenvalue weighted by Gasteiger charge is -2.34. The van der Waals surface area contributed by atoms with Crippen LogP contribution in [0.25, 0.3) is 0 Å². The highest BCUT2D eigenvalue weighted by Gasteiger charge is 2.31. The number of nitrogens with one attached hydrogen (secondary N) is 1. The number of halogens is 3. The lowest BCUT2D eigenvalue weighted by Crippen LogP contribution is -2.51. The zero-order valence-corrected chi connectivity index (χ0v) is 17.9. The molecule has 2 aromatic carbocycles. The third kappa shape index (κ3) is 4.57. The van der Waals surface area contributed by atoms with Crippen molar-refractivity contribution < 1.29 is 13.2 Å². The molecular formula is C17H16BrCl2N3O3S. The first-order valence-corrected chi connectivity index (χ1v) is 11.0. The molecule has 0 spiro atoms. The Kier molecular flexibility index (Phi) is 6.32. The zero-order chi connectivity index (χ0) is 19.6. The van der Waals surface area contributed by atoms with E-state index in [1.165, 1.54) is 22.5 Å². The number of hydrogen-bond acceptors (Lipinski definition) is 3. The largest absolute Gasteiger partial charge is 0.322 e. The van der Waals surface area contributed by atoms with E-state index in [1.54, 1.807) is 11.0 Å². The number of rotatable bonds is 3. The van der Waals surface area contributed by atoms with E-state index >= 15 is 0 Å². The van der Waals surface area contributed by atoms with E-state index in [2.05, 4.69) is 21.2 Å². The van der Waals surface area contributed by atoms with Crippen molar-refractivity contribution in [3.05, 3.63) is 57.0 Å². The normalized spacial score (nSPS) is 15.6. The summed E-state index contributed by atoms with van der Waals surface area (Å²) >= 11 is 15.3. The molecule has 0 saturated carbocycles. The Morgan fingerprint density at radius 2 is 1.70 bits per heavy atom. The average molecular weight is 493 g/mol. The summed E-state index contributed by atoms with van der Waals surface area (Å²) in [6, 6.07) is 11.3. The minimum Gasteiger partial charge on any atom is -0.322 e. The number of benzene rings is 2. The molecule has 1 saturated heterocycles. The Labute approximate surface area is 176 Å². The van der Waals surface area contributed by atoms with E-state index in [0.29, 0.717) is 10.7 Å². The molecule has 0 aliphatic carbocycles. The molecule has 0 aromatic heterocycles. The molecule has 0 radical (unpaired) electrons. The van der Waals surface area contributed by atoms with Gasteiger partial charge in [-0.2, -0.15) is 4.31 Å². The fourth-order valence-corrected chi connectivity index (χ4v) is 5.25. The fraction of sp³-hybridized carbons (Fsp3) is 0.235. The van der Waals surface area contributed by atoms with E-state index in [0.717, 1.165) is 4.47 Å². The number of carbonyl (C=O) groups excluding carboxylic acids is 1. The lowest BCUT2D eigenvalue weighted by atomic mass is 10.3. The molecule has 1 N–H and O–H groups in total. The molecule has 6 nitrogen and oxygen atoms in total. The Balaban J connectivity index is 1.67. The molecule has 1 aliphatic heterocycles. The number of nitrogens with zero attached hydrogens (tertiary/aromatic N) is 2. The summed E-state index contributed by atoms with van der Waals surface area (Å²) < 4.78 is 27.7. The monoisotopic (exact) mass is 491 g/mol. The standard InChI is InChI=1S/C17H16BrCl2N3O3S/c18-13-3-1-2-4-15(13)21-17(24)22-7-9-23(10-8-22)27(25,26)16-11-12(19)5-6-14(16)20/h1-6,11H,7-10H2,(H,21,24). The summed E-state index contributed by atoms with van der Waals surface area (Å²) in [5, 5.41) is 3.23. The SMILES string of the molecule is O=C(Nc1ccccc1Br)N1CCN(S(=O)(=O)c2cc(Cl)ccc2Cl)CC1. The molecule has 144 valence electrons. The quantitative estimate of drug-likeness (QED) is 0.694. The second-order valence-corrected chi connectivity index (χ2v) is 9.48. The van der Waals surface area contributed by atoms with Crippen LogP contribution < -0.4 is 5.32 Å². The number of carbonyl (C=O) groups is 1. The highest BCUT2D eigenvalue weighted by atomic mass is 79.9. The van der Waals surface area contributed by atoms with Crippen molar-refractivity contribution in [2.24, 2.45) is 0 Å². The summed E-state index contributed by atoms with van der Waals surface area (Å²) in [6.07, 6.45) is 0. The van der Waals surface area contributed by atoms with Crippen LogP contribution in [-0.2, 0) is 10.0 Å². The van der Waals surface area contributed by atoms with E-state index in [9.17, 15) is 13.2 Å². The van der Waals surface area contributed by atoms with Gasteiger partial charge in [0.05, 0.1) is 10.7 Å². The van der Waals surface area contributed by atoms with Crippen LogP contribution in [0, 0.1) is 0 Å². The number of amides is 2. The molecule has 1 aliphatic rings. The maximum atomic E-state index is 12.8. The topological polar surface area (TPSA) is 69.7 Å². The average Bonchev–Trinajstić information content (AvgIpc) is 2.65. The van der Waals surface area contributed by atoms with Gasteiger partial charge in [0.25, 0.3) is 0 Å². The summed E-state index contributed by atoms with van der Waals surface area (Å²) in [5.74, 6) is 0. The Hall–Kier alpha value is -1.32. The summed E-state index contributed by atoms with van der Waals surface area (Å²) in [6.45, 7) is 0.893. The minimum atomic E-state index is -3.78. The van der Waals surface area contributed by atoms with Crippen LogP contribution in [0.2, 0.25) is 10.0 Å². The predicted octanol–water partition coefficient (Wildman–Crippen LogP) is 4.29. The summed E-state index contributed by atoms with van der Waals surface area (Å²) in [7, 11) is -3.78. The highest BCUT2D eigenvalue weighted by Crippen LogP contribution is 2.28. The summed E-state index contributed by atoms with van der Waals surface area (Å²) in [4.78, 5) is 14.0. The molecule has 0 unspecified atom stereocenters. The first-order valence-electron chi connectivity index (χ1n) is 8.05. The zero-order valence-electron chi connectivity index (χ0n) is 14.0. The van der Waals surface area contributed by atoms with Gasteiger partial charge in [-0.15, -0.1) is 0 Å². The number of anilines is 1. The first kappa shape index (κ1) is 20.4. The van der Waals surface area contributed by atoms with Crippen LogP contribution in [0.4, 0.5) is 10.5 Å². The number of hydrogen-bond donors (Lipinski definition) is 1. The van der Waals surface area contributed by atoms with Crippen molar-refractivity contribution in [3.63, 3.8) is 0 Å². The van der Waals surface area contributed by atoms with Crippen molar-refractivity contribution in [2.45, 2.75) is 4.90 Å². The Morgan fingerprint density at radius 3 is 2.37 bits per heavy atom. The number of piperazine rings is 1. The maximum Gasteiger partial charge on any atom is 0.321 e. The molecule has 1 fully saturated rings. The molecule has 10 heteroatoms. The van der Waals surface area contributed by atoms with Crippen LogP contribution in [0.1, 0.15) is 0 Å². The van der Waals surface area contributed by atoms with E-state index in [4.69, 9.17) is 23.2 Å². The van der Waals surface area contributed by atoms with Gasteiger partial charge in [0.2, 0.25) is 10.0 Å². The lowest BCUT2D eigenvalue weighted by molar-refractivity contribution is 0.184. The van der Waals surface area contributed by atoms with Gasteiger partial charge in [-0.3, -0.25) is 0 Å². The molecule has 1 heterocycles. The molecule has 0 bridgehead atoms. The number of para-hydroxylation sites is 1. The van der Waals surface area contributed by atoms with Gasteiger partial charge < -0.3 is 10.2 Å². The van der Waals surface area contributed by atoms with Crippen molar-refractivity contribution in [2.75, 3.05) is 31.5 Å². The van der Waals surface area contributed by atoms with Crippen LogP contribution in [0.3, 0.4) is 0 Å². The van der Waals surface area contributed by atoms with Gasteiger partial charge in [-0.1, -0.05) is 35.3 Å². The maximum absolute atomic E-state index is 12.8. The predicted molar refractivity (Wildman–Crippen MR) is 110 cm³/mol. The van der Waals surface area contributed by atoms with Crippen LogP contribution in [0.15, 0.2) is 51.8 Å². The fourth-order valence-electron chi connectivity index (χ4n) is 2.70. The molecular weight excluding hydrogens is 477 g/mol. The van der Waals surface area contributed by atoms with Gasteiger partial charge in [-0.05, 0) is 46.3 Å². The number of urea groups is 1. The molecule has 27 heavy (non-hydrogen) atoms. The van der Waals surface area contributed by atoms with Gasteiger partial charge in [-0.25, -0.2) is 13.2 Å². The van der Waals surface area contributed by atoms with Crippen molar-refractivity contribution in [1.29, 1.82) is 0 Å². The van der Waals surface area contributed by atoms with Crippen LogP contribution in [-0.4, -0.2) is 49.8 Å². The van der Waals surface area contributed by atoms with Gasteiger partial charge in [0, 0.05) is 35.7 Å². The Bertz CT molecular complexity index is 964. The third-order valence-electron chi connectivity index (χ3n) is 4.15. The van der Waals surface area contributed by atoms with Gasteiger partial charge in [0.1, 0.15) is 4.90 Å². The van der Waals surface area contributed by atoms with Crippen molar-refractivity contribution in [1.82, 2.24) is 9.21 Å². The molecule has 0 atom stereocenters. The highest BCUT2D eigenvalue weighted by molar-refractivity contribution is 9.10. The van der Waals surface area contributed by atoms with Gasteiger partial charge in [0.15, 0.2) is 0 Å². The van der Waals surface area contributed by atoms with Gasteiger partial charge >= 0.3 is 6.03 Å².